The largest absolute Gasteiger partial charge is 0.339 e. The molecule has 0 spiro atoms. The van der Waals surface area contributed by atoms with Gasteiger partial charge in [0.1, 0.15) is 0 Å². The molecule has 1 atom stereocenters. The third kappa shape index (κ3) is 3.02. The van der Waals surface area contributed by atoms with Crippen LogP contribution in [0.1, 0.15) is 37.9 Å². The minimum absolute atomic E-state index is 0.689. The summed E-state index contributed by atoms with van der Waals surface area (Å²) in [5.41, 5.74) is 0. The fraction of sp³-hybridized carbons (Fsp3) is 0.818. The zero-order valence-electron chi connectivity index (χ0n) is 9.49. The molecule has 1 saturated carbocycles. The number of aryl methyl sites for hydroxylation is 1. The number of nitrogens with zero attached hydrogens (tertiary/aromatic N) is 2. The van der Waals surface area contributed by atoms with Crippen molar-refractivity contribution in [1.82, 2.24) is 15.5 Å². The van der Waals surface area contributed by atoms with Crippen LogP contribution in [0, 0.1) is 12.8 Å². The fourth-order valence-corrected chi connectivity index (χ4v) is 1.95. The molecule has 4 heteroatoms. The Balaban J connectivity index is 1.69. The first-order valence-corrected chi connectivity index (χ1v) is 5.82. The first kappa shape index (κ1) is 10.6. The molecular formula is C11H19N3O. The summed E-state index contributed by atoms with van der Waals surface area (Å²) in [6, 6.07) is 0.689. The number of rotatable bonds is 6. The van der Waals surface area contributed by atoms with Crippen LogP contribution < -0.4 is 5.32 Å². The van der Waals surface area contributed by atoms with Crippen molar-refractivity contribution < 1.29 is 4.52 Å². The summed E-state index contributed by atoms with van der Waals surface area (Å²) in [6.45, 7) is 5.03. The highest BCUT2D eigenvalue weighted by Crippen LogP contribution is 2.33. The van der Waals surface area contributed by atoms with E-state index in [0.717, 1.165) is 30.6 Å². The summed E-state index contributed by atoms with van der Waals surface area (Å²) < 4.78 is 5.05. The van der Waals surface area contributed by atoms with Crippen LogP contribution in [0.2, 0.25) is 0 Å². The third-order valence-corrected chi connectivity index (χ3v) is 2.95. The molecule has 0 aliphatic heterocycles. The molecule has 0 aromatic carbocycles. The highest BCUT2D eigenvalue weighted by atomic mass is 16.5. The van der Waals surface area contributed by atoms with Gasteiger partial charge < -0.3 is 9.84 Å². The van der Waals surface area contributed by atoms with Gasteiger partial charge in [-0.25, -0.2) is 0 Å². The predicted molar refractivity (Wildman–Crippen MR) is 57.5 cm³/mol. The van der Waals surface area contributed by atoms with E-state index < -0.39 is 0 Å². The summed E-state index contributed by atoms with van der Waals surface area (Å²) in [4.78, 5) is 4.18. The molecule has 0 amide bonds. The van der Waals surface area contributed by atoms with E-state index in [9.17, 15) is 0 Å². The normalized spacial score (nSPS) is 18.0. The molecule has 4 nitrogen and oxygen atoms in total. The lowest BCUT2D eigenvalue weighted by molar-refractivity contribution is 0.364. The van der Waals surface area contributed by atoms with E-state index in [4.69, 9.17) is 4.52 Å². The molecule has 1 unspecified atom stereocenters. The van der Waals surface area contributed by atoms with E-state index in [1.165, 1.54) is 19.3 Å². The van der Waals surface area contributed by atoms with Gasteiger partial charge in [-0.2, -0.15) is 4.98 Å². The number of nitrogens with one attached hydrogen (secondary N) is 1. The predicted octanol–water partition coefficient (Wildman–Crippen LogP) is 1.70. The van der Waals surface area contributed by atoms with Gasteiger partial charge >= 0.3 is 0 Å². The standard InChI is InChI=1S/C11H19N3O/c1-3-10(9-4-5-9)12-7-6-11-13-8(2)14-15-11/h9-10,12H,3-7H2,1-2H3. The second-order valence-electron chi connectivity index (χ2n) is 4.29. The Kier molecular flexibility index (Phi) is 3.36. The lowest BCUT2D eigenvalue weighted by atomic mass is 10.1. The number of hydrogen-bond acceptors (Lipinski definition) is 4. The van der Waals surface area contributed by atoms with Crippen molar-refractivity contribution >= 4 is 0 Å². The Labute approximate surface area is 90.4 Å². The minimum Gasteiger partial charge on any atom is -0.339 e. The highest BCUT2D eigenvalue weighted by Gasteiger charge is 2.29. The first-order chi connectivity index (χ1) is 7.29. The summed E-state index contributed by atoms with van der Waals surface area (Å²) >= 11 is 0. The van der Waals surface area contributed by atoms with E-state index in [0.29, 0.717) is 6.04 Å². The van der Waals surface area contributed by atoms with E-state index in [1.807, 2.05) is 6.92 Å². The monoisotopic (exact) mass is 209 g/mol. The average Bonchev–Trinajstić information content (AvgIpc) is 2.98. The summed E-state index contributed by atoms with van der Waals surface area (Å²) in [6.07, 6.45) is 4.84. The van der Waals surface area contributed by atoms with E-state index in [1.54, 1.807) is 0 Å². The van der Waals surface area contributed by atoms with Crippen LogP contribution in [-0.2, 0) is 6.42 Å². The van der Waals surface area contributed by atoms with Gasteiger partial charge in [-0.05, 0) is 32.1 Å². The Hall–Kier alpha value is -0.900. The van der Waals surface area contributed by atoms with Crippen molar-refractivity contribution in [3.05, 3.63) is 11.7 Å². The summed E-state index contributed by atoms with van der Waals surface area (Å²) in [5.74, 6) is 2.38. The third-order valence-electron chi connectivity index (χ3n) is 2.95. The first-order valence-electron chi connectivity index (χ1n) is 5.82. The highest BCUT2D eigenvalue weighted by molar-refractivity contribution is 4.87. The Morgan fingerprint density at radius 2 is 2.33 bits per heavy atom. The Bertz CT molecular complexity index is 307. The van der Waals surface area contributed by atoms with Gasteiger partial charge in [0, 0.05) is 19.0 Å². The van der Waals surface area contributed by atoms with Crippen molar-refractivity contribution in [2.45, 2.75) is 45.6 Å². The van der Waals surface area contributed by atoms with Crippen LogP contribution in [-0.4, -0.2) is 22.7 Å². The maximum atomic E-state index is 5.05. The van der Waals surface area contributed by atoms with Crippen LogP contribution in [0.3, 0.4) is 0 Å². The fourth-order valence-electron chi connectivity index (χ4n) is 1.95. The lowest BCUT2D eigenvalue weighted by Crippen LogP contribution is -2.32. The molecule has 2 rings (SSSR count). The van der Waals surface area contributed by atoms with Crippen molar-refractivity contribution in [3.8, 4) is 0 Å². The molecule has 1 N–H and O–H groups in total. The molecule has 0 bridgehead atoms. The Morgan fingerprint density at radius 3 is 2.87 bits per heavy atom. The van der Waals surface area contributed by atoms with E-state index in [-0.39, 0.29) is 0 Å². The van der Waals surface area contributed by atoms with Crippen molar-refractivity contribution in [2.24, 2.45) is 5.92 Å². The SMILES string of the molecule is CCC(NCCc1nc(C)no1)C1CC1. The molecule has 1 heterocycles. The zero-order valence-corrected chi connectivity index (χ0v) is 9.49. The second-order valence-corrected chi connectivity index (χ2v) is 4.29. The van der Waals surface area contributed by atoms with Crippen LogP contribution >= 0.6 is 0 Å². The van der Waals surface area contributed by atoms with Gasteiger partial charge in [0.15, 0.2) is 5.82 Å². The van der Waals surface area contributed by atoms with E-state index in [2.05, 4.69) is 22.4 Å². The molecule has 0 saturated heterocycles. The smallest absolute Gasteiger partial charge is 0.227 e. The second kappa shape index (κ2) is 4.75. The molecule has 1 aromatic heterocycles. The van der Waals surface area contributed by atoms with Crippen molar-refractivity contribution in [2.75, 3.05) is 6.54 Å². The zero-order chi connectivity index (χ0) is 10.7. The lowest BCUT2D eigenvalue weighted by Gasteiger charge is -2.14. The van der Waals surface area contributed by atoms with Crippen LogP contribution in [0.5, 0.6) is 0 Å². The minimum atomic E-state index is 0.689. The number of hydrogen-bond donors (Lipinski definition) is 1. The van der Waals surface area contributed by atoms with Gasteiger partial charge in [0.2, 0.25) is 5.89 Å². The molecular weight excluding hydrogens is 190 g/mol. The molecule has 1 aliphatic carbocycles. The van der Waals surface area contributed by atoms with E-state index >= 15 is 0 Å². The van der Waals surface area contributed by atoms with Gasteiger partial charge in [-0.1, -0.05) is 12.1 Å². The van der Waals surface area contributed by atoms with Crippen LogP contribution in [0.25, 0.3) is 0 Å². The topological polar surface area (TPSA) is 51.0 Å². The van der Waals surface area contributed by atoms with Gasteiger partial charge in [0.05, 0.1) is 0 Å². The van der Waals surface area contributed by atoms with Crippen molar-refractivity contribution in [1.29, 1.82) is 0 Å². The van der Waals surface area contributed by atoms with Gasteiger partial charge in [0.25, 0.3) is 0 Å². The van der Waals surface area contributed by atoms with Crippen LogP contribution in [0.4, 0.5) is 0 Å². The number of aromatic nitrogens is 2. The van der Waals surface area contributed by atoms with Gasteiger partial charge in [-0.15, -0.1) is 0 Å². The molecule has 1 aromatic rings. The summed E-state index contributed by atoms with van der Waals surface area (Å²) in [7, 11) is 0. The van der Waals surface area contributed by atoms with Crippen LogP contribution in [0.15, 0.2) is 4.52 Å². The maximum absolute atomic E-state index is 5.05. The quantitative estimate of drug-likeness (QED) is 0.774. The maximum Gasteiger partial charge on any atom is 0.227 e. The summed E-state index contributed by atoms with van der Waals surface area (Å²) in [5, 5.41) is 7.33. The molecule has 15 heavy (non-hydrogen) atoms. The molecule has 1 aliphatic rings. The molecule has 84 valence electrons. The Morgan fingerprint density at radius 1 is 1.53 bits per heavy atom. The molecule has 0 radical (unpaired) electrons. The molecule has 1 fully saturated rings. The van der Waals surface area contributed by atoms with Crippen molar-refractivity contribution in [3.63, 3.8) is 0 Å². The average molecular weight is 209 g/mol. The van der Waals surface area contributed by atoms with Gasteiger partial charge in [-0.3, -0.25) is 0 Å².